The summed E-state index contributed by atoms with van der Waals surface area (Å²) in [5, 5.41) is 9.05. The van der Waals surface area contributed by atoms with Crippen LogP contribution in [0.3, 0.4) is 0 Å². The van der Waals surface area contributed by atoms with Crippen molar-refractivity contribution < 1.29 is 14.7 Å². The predicted molar refractivity (Wildman–Crippen MR) is 72.7 cm³/mol. The first kappa shape index (κ1) is 14.4. The van der Waals surface area contributed by atoms with Crippen LogP contribution in [-0.4, -0.2) is 35.0 Å². The topological polar surface area (TPSA) is 57.6 Å². The molecule has 1 unspecified atom stereocenters. The molecule has 2 fully saturated rings. The molecule has 0 aromatic carbocycles. The highest BCUT2D eigenvalue weighted by atomic mass is 16.4. The highest BCUT2D eigenvalue weighted by molar-refractivity contribution is 5.77. The fourth-order valence-electron chi connectivity index (χ4n) is 3.40. The van der Waals surface area contributed by atoms with Gasteiger partial charge in [-0.2, -0.15) is 0 Å². The van der Waals surface area contributed by atoms with Crippen molar-refractivity contribution in [2.45, 2.75) is 52.4 Å². The van der Waals surface area contributed by atoms with E-state index in [1.54, 1.807) is 0 Å². The molecule has 108 valence electrons. The zero-order valence-electron chi connectivity index (χ0n) is 12.0. The van der Waals surface area contributed by atoms with E-state index in [1.807, 2.05) is 4.90 Å². The Hall–Kier alpha value is -1.06. The average Bonchev–Trinajstić information content (AvgIpc) is 3.10. The first-order valence-corrected chi connectivity index (χ1v) is 7.53. The van der Waals surface area contributed by atoms with Crippen molar-refractivity contribution in [3.63, 3.8) is 0 Å². The van der Waals surface area contributed by atoms with E-state index in [-0.39, 0.29) is 17.2 Å². The maximum atomic E-state index is 12.2. The van der Waals surface area contributed by atoms with Gasteiger partial charge in [0.2, 0.25) is 5.91 Å². The number of carboxylic acid groups (broad SMARTS) is 1. The minimum atomic E-state index is -0.656. The number of carbonyl (C=O) groups excluding carboxylic acids is 1. The van der Waals surface area contributed by atoms with Gasteiger partial charge in [-0.25, -0.2) is 0 Å². The van der Waals surface area contributed by atoms with Gasteiger partial charge < -0.3 is 10.0 Å². The third-order valence-corrected chi connectivity index (χ3v) is 5.22. The van der Waals surface area contributed by atoms with Crippen LogP contribution in [0.2, 0.25) is 0 Å². The average molecular weight is 267 g/mol. The Morgan fingerprint density at radius 3 is 2.26 bits per heavy atom. The van der Waals surface area contributed by atoms with Crippen molar-refractivity contribution in [1.29, 1.82) is 0 Å². The summed E-state index contributed by atoms with van der Waals surface area (Å²) >= 11 is 0. The molecule has 1 spiro atoms. The molecule has 2 aliphatic rings. The van der Waals surface area contributed by atoms with Crippen molar-refractivity contribution in [2.75, 3.05) is 13.1 Å². The zero-order valence-corrected chi connectivity index (χ0v) is 12.0. The summed E-state index contributed by atoms with van der Waals surface area (Å²) in [4.78, 5) is 25.1. The van der Waals surface area contributed by atoms with Crippen LogP contribution in [0.25, 0.3) is 0 Å². The van der Waals surface area contributed by atoms with Gasteiger partial charge in [0.1, 0.15) is 0 Å². The molecule has 4 nitrogen and oxygen atoms in total. The van der Waals surface area contributed by atoms with Gasteiger partial charge in [0.05, 0.1) is 5.92 Å². The number of carbonyl (C=O) groups is 2. The minimum Gasteiger partial charge on any atom is -0.481 e. The Labute approximate surface area is 115 Å². The van der Waals surface area contributed by atoms with Gasteiger partial charge in [0.15, 0.2) is 0 Å². The number of aliphatic carboxylic acids is 1. The quantitative estimate of drug-likeness (QED) is 0.832. The SMILES string of the molecule is CCC(CC)CC(=O)N1CCC2(CC1)CC2C(=O)O. The molecule has 0 bridgehead atoms. The number of amides is 1. The summed E-state index contributed by atoms with van der Waals surface area (Å²) in [7, 11) is 0. The Morgan fingerprint density at radius 2 is 1.84 bits per heavy atom. The van der Waals surface area contributed by atoms with Crippen LogP contribution >= 0.6 is 0 Å². The van der Waals surface area contributed by atoms with Gasteiger partial charge in [-0.1, -0.05) is 26.7 Å². The molecule has 1 aliphatic carbocycles. The normalized spacial score (nSPS) is 24.8. The van der Waals surface area contributed by atoms with E-state index in [9.17, 15) is 9.59 Å². The summed E-state index contributed by atoms with van der Waals surface area (Å²) in [5.74, 6) is -0.0484. The van der Waals surface area contributed by atoms with Gasteiger partial charge in [0.25, 0.3) is 0 Å². The summed E-state index contributed by atoms with van der Waals surface area (Å²) in [6.45, 7) is 5.77. The van der Waals surface area contributed by atoms with E-state index in [4.69, 9.17) is 5.11 Å². The molecule has 1 saturated carbocycles. The second-order valence-electron chi connectivity index (χ2n) is 6.22. The minimum absolute atomic E-state index is 0.0253. The highest BCUT2D eigenvalue weighted by Crippen LogP contribution is 2.59. The van der Waals surface area contributed by atoms with Gasteiger partial charge in [-0.05, 0) is 30.6 Å². The van der Waals surface area contributed by atoms with E-state index in [0.717, 1.165) is 45.2 Å². The summed E-state index contributed by atoms with van der Waals surface area (Å²) < 4.78 is 0. The Balaban J connectivity index is 1.80. The molecule has 1 amide bonds. The van der Waals surface area contributed by atoms with Gasteiger partial charge in [-0.3, -0.25) is 9.59 Å². The van der Waals surface area contributed by atoms with E-state index in [1.165, 1.54) is 0 Å². The Morgan fingerprint density at radius 1 is 1.26 bits per heavy atom. The lowest BCUT2D eigenvalue weighted by atomic mass is 9.90. The monoisotopic (exact) mass is 267 g/mol. The van der Waals surface area contributed by atoms with Crippen LogP contribution in [0, 0.1) is 17.3 Å². The maximum Gasteiger partial charge on any atom is 0.307 e. The van der Waals surface area contributed by atoms with Crippen molar-refractivity contribution in [3.05, 3.63) is 0 Å². The zero-order chi connectivity index (χ0) is 14.0. The first-order chi connectivity index (χ1) is 9.02. The molecule has 1 saturated heterocycles. The van der Waals surface area contributed by atoms with E-state index in [2.05, 4.69) is 13.8 Å². The number of hydrogen-bond acceptors (Lipinski definition) is 2. The molecule has 0 aromatic heterocycles. The van der Waals surface area contributed by atoms with Crippen LogP contribution in [0.4, 0.5) is 0 Å². The van der Waals surface area contributed by atoms with E-state index >= 15 is 0 Å². The fourth-order valence-corrected chi connectivity index (χ4v) is 3.40. The largest absolute Gasteiger partial charge is 0.481 e. The fraction of sp³-hybridized carbons (Fsp3) is 0.867. The predicted octanol–water partition coefficient (Wildman–Crippen LogP) is 2.53. The number of rotatable bonds is 5. The van der Waals surface area contributed by atoms with Crippen LogP contribution in [0.1, 0.15) is 52.4 Å². The molecule has 1 N–H and O–H groups in total. The van der Waals surface area contributed by atoms with Crippen molar-refractivity contribution >= 4 is 11.9 Å². The molecule has 19 heavy (non-hydrogen) atoms. The third kappa shape index (κ3) is 2.93. The second kappa shape index (κ2) is 5.51. The summed E-state index contributed by atoms with van der Waals surface area (Å²) in [5.41, 5.74) is 0.0253. The van der Waals surface area contributed by atoms with Crippen molar-refractivity contribution in [3.8, 4) is 0 Å². The second-order valence-corrected chi connectivity index (χ2v) is 6.22. The standard InChI is InChI=1S/C15H25NO3/c1-3-11(4-2)9-13(17)16-7-5-15(6-8-16)10-12(15)14(18)19/h11-12H,3-10H2,1-2H3,(H,18,19). The molecule has 4 heteroatoms. The number of hydrogen-bond donors (Lipinski definition) is 1. The third-order valence-electron chi connectivity index (χ3n) is 5.22. The molecule has 1 heterocycles. The van der Waals surface area contributed by atoms with Crippen LogP contribution < -0.4 is 0 Å². The van der Waals surface area contributed by atoms with Crippen LogP contribution in [0.15, 0.2) is 0 Å². The lowest BCUT2D eigenvalue weighted by molar-refractivity contribution is -0.140. The molecule has 0 aromatic rings. The Kier molecular flexibility index (Phi) is 4.16. The van der Waals surface area contributed by atoms with Crippen molar-refractivity contribution in [1.82, 2.24) is 4.90 Å². The van der Waals surface area contributed by atoms with E-state index in [0.29, 0.717) is 12.3 Å². The summed E-state index contributed by atoms with van der Waals surface area (Å²) in [6.07, 6.45) is 5.33. The van der Waals surface area contributed by atoms with Crippen LogP contribution in [-0.2, 0) is 9.59 Å². The molecular formula is C15H25NO3. The summed E-state index contributed by atoms with van der Waals surface area (Å²) in [6, 6.07) is 0. The molecule has 1 atom stereocenters. The number of piperidine rings is 1. The molecule has 2 rings (SSSR count). The molecular weight excluding hydrogens is 242 g/mol. The van der Waals surface area contributed by atoms with Crippen LogP contribution in [0.5, 0.6) is 0 Å². The lowest BCUT2D eigenvalue weighted by Gasteiger charge is -2.33. The first-order valence-electron chi connectivity index (χ1n) is 7.53. The van der Waals surface area contributed by atoms with Gasteiger partial charge in [0, 0.05) is 19.5 Å². The Bertz CT molecular complexity index is 354. The lowest BCUT2D eigenvalue weighted by Crippen LogP contribution is -2.40. The molecule has 0 radical (unpaired) electrons. The maximum absolute atomic E-state index is 12.2. The number of carboxylic acids is 1. The number of nitrogens with zero attached hydrogens (tertiary/aromatic N) is 1. The number of likely N-dealkylation sites (tertiary alicyclic amines) is 1. The highest BCUT2D eigenvalue weighted by Gasteiger charge is 2.59. The smallest absolute Gasteiger partial charge is 0.307 e. The van der Waals surface area contributed by atoms with Gasteiger partial charge >= 0.3 is 5.97 Å². The van der Waals surface area contributed by atoms with Crippen molar-refractivity contribution in [2.24, 2.45) is 17.3 Å². The van der Waals surface area contributed by atoms with E-state index < -0.39 is 5.97 Å². The van der Waals surface area contributed by atoms with Gasteiger partial charge in [-0.15, -0.1) is 0 Å². The molecule has 1 aliphatic heterocycles.